The highest BCUT2D eigenvalue weighted by molar-refractivity contribution is 5.76. The van der Waals surface area contributed by atoms with Crippen LogP contribution in [0.4, 0.5) is 11.8 Å². The first kappa shape index (κ1) is 16.5. The fourth-order valence-corrected chi connectivity index (χ4v) is 2.56. The number of hydrogen-bond donors (Lipinski definition) is 2. The van der Waals surface area contributed by atoms with E-state index in [4.69, 9.17) is 0 Å². The van der Waals surface area contributed by atoms with Crippen LogP contribution in [0.15, 0.2) is 6.07 Å². The zero-order valence-electron chi connectivity index (χ0n) is 13.9. The van der Waals surface area contributed by atoms with E-state index in [1.54, 1.807) is 0 Å². The molecule has 0 radical (unpaired) electrons. The summed E-state index contributed by atoms with van der Waals surface area (Å²) >= 11 is 0. The molecule has 6 heteroatoms. The van der Waals surface area contributed by atoms with E-state index < -0.39 is 0 Å². The van der Waals surface area contributed by atoms with Gasteiger partial charge in [-0.3, -0.25) is 4.79 Å². The number of amides is 1. The number of rotatable bonds is 7. The molecule has 0 saturated carbocycles. The van der Waals surface area contributed by atoms with Gasteiger partial charge < -0.3 is 15.5 Å². The molecular formula is C16H27N5O. The Balaban J connectivity index is 1.81. The topological polar surface area (TPSA) is 70.2 Å². The first-order valence-electron chi connectivity index (χ1n) is 8.16. The largest absolute Gasteiger partial charge is 0.356 e. The highest BCUT2D eigenvalue weighted by Gasteiger charge is 2.15. The fourth-order valence-electron chi connectivity index (χ4n) is 2.56. The van der Waals surface area contributed by atoms with Crippen molar-refractivity contribution in [3.8, 4) is 0 Å². The van der Waals surface area contributed by atoms with Crippen molar-refractivity contribution in [3.05, 3.63) is 11.8 Å². The van der Waals surface area contributed by atoms with Crippen LogP contribution in [-0.2, 0) is 4.79 Å². The van der Waals surface area contributed by atoms with E-state index in [2.05, 4.69) is 25.5 Å². The quantitative estimate of drug-likeness (QED) is 0.754. The molecule has 1 fully saturated rings. The summed E-state index contributed by atoms with van der Waals surface area (Å²) in [6, 6.07) is 2.03. The summed E-state index contributed by atoms with van der Waals surface area (Å²) in [5.41, 5.74) is 0.961. The number of anilines is 2. The van der Waals surface area contributed by atoms with Crippen molar-refractivity contribution in [1.82, 2.24) is 15.3 Å². The van der Waals surface area contributed by atoms with Crippen LogP contribution in [0.2, 0.25) is 0 Å². The summed E-state index contributed by atoms with van der Waals surface area (Å²) < 4.78 is 0. The summed E-state index contributed by atoms with van der Waals surface area (Å²) in [7, 11) is 0. The Morgan fingerprint density at radius 2 is 2.00 bits per heavy atom. The van der Waals surface area contributed by atoms with Gasteiger partial charge in [-0.25, -0.2) is 4.98 Å². The first-order chi connectivity index (χ1) is 10.5. The lowest BCUT2D eigenvalue weighted by molar-refractivity contribution is -0.121. The van der Waals surface area contributed by atoms with Gasteiger partial charge in [0, 0.05) is 44.4 Å². The third-order valence-corrected chi connectivity index (χ3v) is 3.59. The van der Waals surface area contributed by atoms with Crippen molar-refractivity contribution in [1.29, 1.82) is 0 Å². The van der Waals surface area contributed by atoms with Crippen LogP contribution in [0.1, 0.15) is 38.8 Å². The van der Waals surface area contributed by atoms with Crippen LogP contribution in [-0.4, -0.2) is 42.1 Å². The summed E-state index contributed by atoms with van der Waals surface area (Å²) in [6.45, 7) is 9.42. The number of carbonyl (C=O) groups excluding carboxylic acids is 1. The van der Waals surface area contributed by atoms with Crippen LogP contribution in [0.25, 0.3) is 0 Å². The van der Waals surface area contributed by atoms with E-state index in [0.29, 0.717) is 31.4 Å². The molecule has 0 aliphatic carbocycles. The van der Waals surface area contributed by atoms with Gasteiger partial charge in [0.2, 0.25) is 11.9 Å². The van der Waals surface area contributed by atoms with Gasteiger partial charge >= 0.3 is 0 Å². The Morgan fingerprint density at radius 3 is 2.68 bits per heavy atom. The van der Waals surface area contributed by atoms with Gasteiger partial charge in [0.25, 0.3) is 0 Å². The lowest BCUT2D eigenvalue weighted by atomic mass is 10.1. The molecule has 1 saturated heterocycles. The maximum absolute atomic E-state index is 11.6. The molecule has 0 aromatic carbocycles. The van der Waals surface area contributed by atoms with Gasteiger partial charge in [-0.05, 0) is 25.7 Å². The van der Waals surface area contributed by atoms with Gasteiger partial charge in [-0.1, -0.05) is 13.8 Å². The van der Waals surface area contributed by atoms with Crippen LogP contribution in [0.3, 0.4) is 0 Å². The average Bonchev–Trinajstić information content (AvgIpc) is 2.96. The fraction of sp³-hybridized carbons (Fsp3) is 0.688. The van der Waals surface area contributed by atoms with E-state index in [-0.39, 0.29) is 5.91 Å². The summed E-state index contributed by atoms with van der Waals surface area (Å²) in [5, 5.41) is 6.10. The normalized spacial score (nSPS) is 14.5. The van der Waals surface area contributed by atoms with E-state index >= 15 is 0 Å². The molecule has 1 amide bonds. The average molecular weight is 305 g/mol. The SMILES string of the molecule is Cc1cc(N2CCCC2)nc(NCCNC(=O)CC(C)C)n1. The molecule has 1 aliphatic heterocycles. The minimum absolute atomic E-state index is 0.0970. The van der Waals surface area contributed by atoms with Crippen molar-refractivity contribution in [2.45, 2.75) is 40.0 Å². The van der Waals surface area contributed by atoms with Crippen LogP contribution < -0.4 is 15.5 Å². The lowest BCUT2D eigenvalue weighted by Gasteiger charge is -2.17. The number of hydrogen-bond acceptors (Lipinski definition) is 5. The number of aromatic nitrogens is 2. The molecule has 2 rings (SSSR count). The molecular weight excluding hydrogens is 278 g/mol. The third kappa shape index (κ3) is 5.16. The predicted octanol–water partition coefficient (Wildman–Crippen LogP) is 1.96. The number of nitrogens with zero attached hydrogens (tertiary/aromatic N) is 3. The maximum Gasteiger partial charge on any atom is 0.224 e. The molecule has 1 aromatic rings. The molecule has 0 atom stereocenters. The molecule has 0 spiro atoms. The van der Waals surface area contributed by atoms with Gasteiger partial charge in [0.1, 0.15) is 5.82 Å². The minimum Gasteiger partial charge on any atom is -0.356 e. The Bertz CT molecular complexity index is 497. The molecule has 2 N–H and O–H groups in total. The molecule has 1 aliphatic rings. The van der Waals surface area contributed by atoms with Crippen LogP contribution in [0, 0.1) is 12.8 Å². The Kier molecular flexibility index (Phi) is 5.98. The second-order valence-corrected chi connectivity index (χ2v) is 6.26. The smallest absolute Gasteiger partial charge is 0.224 e. The van der Waals surface area contributed by atoms with Crippen molar-refractivity contribution < 1.29 is 4.79 Å². The predicted molar refractivity (Wildman–Crippen MR) is 89.2 cm³/mol. The van der Waals surface area contributed by atoms with Crippen molar-refractivity contribution in [3.63, 3.8) is 0 Å². The van der Waals surface area contributed by atoms with Gasteiger partial charge in [0.15, 0.2) is 0 Å². The second-order valence-electron chi connectivity index (χ2n) is 6.26. The van der Waals surface area contributed by atoms with Gasteiger partial charge in [-0.2, -0.15) is 4.98 Å². The van der Waals surface area contributed by atoms with Crippen LogP contribution >= 0.6 is 0 Å². The maximum atomic E-state index is 11.6. The van der Waals surface area contributed by atoms with Crippen molar-refractivity contribution >= 4 is 17.7 Å². The van der Waals surface area contributed by atoms with E-state index in [9.17, 15) is 4.79 Å². The third-order valence-electron chi connectivity index (χ3n) is 3.59. The molecule has 2 heterocycles. The summed E-state index contributed by atoms with van der Waals surface area (Å²) in [6.07, 6.45) is 3.03. The Labute approximate surface area is 132 Å². The number of carbonyl (C=O) groups is 1. The zero-order chi connectivity index (χ0) is 15.9. The number of nitrogens with one attached hydrogen (secondary N) is 2. The monoisotopic (exact) mass is 305 g/mol. The molecule has 122 valence electrons. The lowest BCUT2D eigenvalue weighted by Crippen LogP contribution is -2.30. The van der Waals surface area contributed by atoms with Crippen LogP contribution in [0.5, 0.6) is 0 Å². The first-order valence-corrected chi connectivity index (χ1v) is 8.16. The van der Waals surface area contributed by atoms with E-state index in [0.717, 1.165) is 24.6 Å². The number of aryl methyl sites for hydroxylation is 1. The van der Waals surface area contributed by atoms with Gasteiger partial charge in [0.05, 0.1) is 0 Å². The minimum atomic E-state index is 0.0970. The standard InChI is InChI=1S/C16H27N5O/c1-12(2)10-15(22)17-6-7-18-16-19-13(3)11-14(20-16)21-8-4-5-9-21/h11-12H,4-10H2,1-3H3,(H,17,22)(H,18,19,20). The second kappa shape index (κ2) is 7.96. The van der Waals surface area contributed by atoms with Crippen molar-refractivity contribution in [2.75, 3.05) is 36.4 Å². The Hall–Kier alpha value is -1.85. The summed E-state index contributed by atoms with van der Waals surface area (Å²) in [4.78, 5) is 22.8. The highest BCUT2D eigenvalue weighted by atomic mass is 16.1. The zero-order valence-corrected chi connectivity index (χ0v) is 13.9. The van der Waals surface area contributed by atoms with E-state index in [1.165, 1.54) is 12.8 Å². The Morgan fingerprint density at radius 1 is 1.27 bits per heavy atom. The summed E-state index contributed by atoms with van der Waals surface area (Å²) in [5.74, 6) is 2.12. The van der Waals surface area contributed by atoms with Crippen molar-refractivity contribution in [2.24, 2.45) is 5.92 Å². The molecule has 22 heavy (non-hydrogen) atoms. The highest BCUT2D eigenvalue weighted by Crippen LogP contribution is 2.19. The molecule has 0 unspecified atom stereocenters. The van der Waals surface area contributed by atoms with Gasteiger partial charge in [-0.15, -0.1) is 0 Å². The molecule has 0 bridgehead atoms. The molecule has 1 aromatic heterocycles. The van der Waals surface area contributed by atoms with E-state index in [1.807, 2.05) is 26.8 Å². The molecule has 6 nitrogen and oxygen atoms in total.